The highest BCUT2D eigenvalue weighted by Gasteiger charge is 2.20. The number of benzene rings is 1. The van der Waals surface area contributed by atoms with Gasteiger partial charge in [-0.25, -0.2) is 0 Å². The van der Waals surface area contributed by atoms with E-state index in [1.54, 1.807) is 19.9 Å². The fourth-order valence-electron chi connectivity index (χ4n) is 1.41. The molecule has 0 radical (unpaired) electrons. The van der Waals surface area contributed by atoms with Crippen molar-refractivity contribution in [2.24, 2.45) is 5.92 Å². The summed E-state index contributed by atoms with van der Waals surface area (Å²) in [6, 6.07) is 9.24. The number of rotatable bonds is 4. The topological polar surface area (TPSA) is 37.3 Å². The molecule has 1 aromatic carbocycles. The summed E-state index contributed by atoms with van der Waals surface area (Å²) in [6.45, 7) is 3.53. The summed E-state index contributed by atoms with van der Waals surface area (Å²) < 4.78 is 0. The molecule has 0 unspecified atom stereocenters. The van der Waals surface area contributed by atoms with Crippen LogP contribution in [-0.2, 0) is 4.79 Å². The quantitative estimate of drug-likeness (QED) is 0.765. The van der Waals surface area contributed by atoms with E-state index in [1.165, 1.54) is 6.08 Å². The molecule has 1 N–H and O–H groups in total. The Morgan fingerprint density at radius 1 is 1.33 bits per heavy atom. The zero-order valence-electron chi connectivity index (χ0n) is 9.05. The van der Waals surface area contributed by atoms with Crippen molar-refractivity contribution in [3.8, 4) is 0 Å². The fourth-order valence-corrected chi connectivity index (χ4v) is 1.41. The summed E-state index contributed by atoms with van der Waals surface area (Å²) in [5.41, 5.74) is 0.780. The monoisotopic (exact) mass is 204 g/mol. The Balaban J connectivity index is 2.77. The summed E-state index contributed by atoms with van der Waals surface area (Å²) in [5, 5.41) is 9.93. The molecule has 2 nitrogen and oxygen atoms in total. The molecule has 0 fully saturated rings. The Labute approximate surface area is 90.3 Å². The average molecular weight is 204 g/mol. The number of carbonyl (C=O) groups excluding carboxylic acids is 1. The van der Waals surface area contributed by atoms with Crippen LogP contribution in [0.25, 0.3) is 0 Å². The third-order valence-electron chi connectivity index (χ3n) is 2.39. The van der Waals surface area contributed by atoms with E-state index in [4.69, 9.17) is 0 Å². The standard InChI is InChI=1S/C13H16O2/c1-3-7-12(14)10(2)13(15)11-8-5-4-6-9-11/h3-10,13,15H,1-2H3/b7-3+/t10-,13+/m0/s1. The van der Waals surface area contributed by atoms with E-state index in [0.29, 0.717) is 0 Å². The van der Waals surface area contributed by atoms with Crippen molar-refractivity contribution in [3.05, 3.63) is 48.0 Å². The van der Waals surface area contributed by atoms with Crippen LogP contribution in [-0.4, -0.2) is 10.9 Å². The molecule has 0 heterocycles. The van der Waals surface area contributed by atoms with Gasteiger partial charge in [-0.1, -0.05) is 43.3 Å². The molecule has 0 aliphatic carbocycles. The van der Waals surface area contributed by atoms with Gasteiger partial charge in [-0.05, 0) is 18.6 Å². The van der Waals surface area contributed by atoms with Crippen LogP contribution in [0.15, 0.2) is 42.5 Å². The van der Waals surface area contributed by atoms with Gasteiger partial charge in [-0.2, -0.15) is 0 Å². The average Bonchev–Trinajstić information content (AvgIpc) is 2.28. The highest BCUT2D eigenvalue weighted by molar-refractivity contribution is 5.91. The SMILES string of the molecule is C/C=C/C(=O)[C@H](C)[C@@H](O)c1ccccc1. The minimum atomic E-state index is -0.727. The smallest absolute Gasteiger partial charge is 0.161 e. The van der Waals surface area contributed by atoms with Gasteiger partial charge in [0.2, 0.25) is 0 Å². The zero-order chi connectivity index (χ0) is 11.3. The lowest BCUT2D eigenvalue weighted by Crippen LogP contribution is -2.17. The van der Waals surface area contributed by atoms with Gasteiger partial charge in [0.05, 0.1) is 6.10 Å². The molecule has 80 valence electrons. The van der Waals surface area contributed by atoms with E-state index >= 15 is 0 Å². The number of aliphatic hydroxyl groups excluding tert-OH is 1. The van der Waals surface area contributed by atoms with Crippen molar-refractivity contribution in [3.63, 3.8) is 0 Å². The number of ketones is 1. The second-order valence-electron chi connectivity index (χ2n) is 3.55. The van der Waals surface area contributed by atoms with Crippen molar-refractivity contribution in [1.29, 1.82) is 0 Å². The molecule has 1 rings (SSSR count). The summed E-state index contributed by atoms with van der Waals surface area (Å²) >= 11 is 0. The molecule has 2 atom stereocenters. The second kappa shape index (κ2) is 5.47. The Bertz CT molecular complexity index is 341. The van der Waals surface area contributed by atoms with E-state index in [0.717, 1.165) is 5.56 Å². The fraction of sp³-hybridized carbons (Fsp3) is 0.308. The van der Waals surface area contributed by atoms with Crippen LogP contribution in [0.1, 0.15) is 25.5 Å². The van der Waals surface area contributed by atoms with Crippen molar-refractivity contribution in [2.45, 2.75) is 20.0 Å². The minimum Gasteiger partial charge on any atom is -0.388 e. The van der Waals surface area contributed by atoms with Crippen LogP contribution in [0.3, 0.4) is 0 Å². The molecule has 2 heteroatoms. The van der Waals surface area contributed by atoms with Crippen molar-refractivity contribution in [1.82, 2.24) is 0 Å². The molecule has 0 bridgehead atoms. The molecule has 0 aromatic heterocycles. The molecule has 0 amide bonds. The molecular weight excluding hydrogens is 188 g/mol. The first-order chi connectivity index (χ1) is 7.16. The van der Waals surface area contributed by atoms with Gasteiger partial charge in [0.15, 0.2) is 5.78 Å². The van der Waals surface area contributed by atoms with Gasteiger partial charge in [-0.3, -0.25) is 4.79 Å². The van der Waals surface area contributed by atoms with E-state index in [2.05, 4.69) is 0 Å². The number of allylic oxidation sites excluding steroid dienone is 2. The van der Waals surface area contributed by atoms with Crippen molar-refractivity contribution >= 4 is 5.78 Å². The van der Waals surface area contributed by atoms with Crippen molar-refractivity contribution in [2.75, 3.05) is 0 Å². The third-order valence-corrected chi connectivity index (χ3v) is 2.39. The first-order valence-electron chi connectivity index (χ1n) is 5.06. The van der Waals surface area contributed by atoms with E-state index in [-0.39, 0.29) is 5.78 Å². The summed E-state index contributed by atoms with van der Waals surface area (Å²) in [5.74, 6) is -0.447. The molecule has 0 saturated heterocycles. The Morgan fingerprint density at radius 2 is 1.93 bits per heavy atom. The molecule has 0 saturated carbocycles. The van der Waals surface area contributed by atoms with Gasteiger partial charge in [0.1, 0.15) is 0 Å². The van der Waals surface area contributed by atoms with E-state index in [1.807, 2.05) is 30.3 Å². The number of carbonyl (C=O) groups is 1. The Kier molecular flexibility index (Phi) is 4.25. The molecule has 0 aliphatic rings. The van der Waals surface area contributed by atoms with Crippen LogP contribution >= 0.6 is 0 Å². The van der Waals surface area contributed by atoms with Crippen molar-refractivity contribution < 1.29 is 9.90 Å². The predicted molar refractivity (Wildman–Crippen MR) is 60.4 cm³/mol. The Hall–Kier alpha value is -1.41. The Morgan fingerprint density at radius 3 is 2.47 bits per heavy atom. The highest BCUT2D eigenvalue weighted by Crippen LogP contribution is 2.22. The minimum absolute atomic E-state index is 0.0474. The van der Waals surface area contributed by atoms with Gasteiger partial charge in [0.25, 0.3) is 0 Å². The lowest BCUT2D eigenvalue weighted by molar-refractivity contribution is -0.121. The number of aliphatic hydroxyl groups is 1. The summed E-state index contributed by atoms with van der Waals surface area (Å²) in [4.78, 5) is 11.5. The first-order valence-corrected chi connectivity index (χ1v) is 5.06. The lowest BCUT2D eigenvalue weighted by atomic mass is 9.93. The summed E-state index contributed by atoms with van der Waals surface area (Å²) in [6.07, 6.45) is 2.46. The predicted octanol–water partition coefficient (Wildman–Crippen LogP) is 2.50. The van der Waals surface area contributed by atoms with Gasteiger partial charge < -0.3 is 5.11 Å². The molecule has 0 aliphatic heterocycles. The van der Waals surface area contributed by atoms with Gasteiger partial charge in [0, 0.05) is 5.92 Å². The van der Waals surface area contributed by atoms with E-state index in [9.17, 15) is 9.90 Å². The highest BCUT2D eigenvalue weighted by atomic mass is 16.3. The van der Waals surface area contributed by atoms with Crippen LogP contribution < -0.4 is 0 Å². The van der Waals surface area contributed by atoms with Crippen LogP contribution in [0.5, 0.6) is 0 Å². The number of hydrogen-bond donors (Lipinski definition) is 1. The molecule has 0 spiro atoms. The van der Waals surface area contributed by atoms with Crippen LogP contribution in [0.4, 0.5) is 0 Å². The first kappa shape index (κ1) is 11.7. The molecule has 1 aromatic rings. The molecule has 15 heavy (non-hydrogen) atoms. The largest absolute Gasteiger partial charge is 0.388 e. The van der Waals surface area contributed by atoms with E-state index < -0.39 is 12.0 Å². The number of hydrogen-bond acceptors (Lipinski definition) is 2. The maximum Gasteiger partial charge on any atom is 0.161 e. The van der Waals surface area contributed by atoms with Crippen LogP contribution in [0, 0.1) is 5.92 Å². The maximum atomic E-state index is 11.5. The zero-order valence-corrected chi connectivity index (χ0v) is 9.05. The van der Waals surface area contributed by atoms with Gasteiger partial charge >= 0.3 is 0 Å². The summed E-state index contributed by atoms with van der Waals surface area (Å²) in [7, 11) is 0. The van der Waals surface area contributed by atoms with Crippen LogP contribution in [0.2, 0.25) is 0 Å². The lowest BCUT2D eigenvalue weighted by Gasteiger charge is -2.16. The molecular formula is C13H16O2. The van der Waals surface area contributed by atoms with Gasteiger partial charge in [-0.15, -0.1) is 0 Å². The normalized spacial score (nSPS) is 15.1. The third kappa shape index (κ3) is 3.03. The maximum absolute atomic E-state index is 11.5. The second-order valence-corrected chi connectivity index (χ2v) is 3.55.